The van der Waals surface area contributed by atoms with Crippen LogP contribution < -0.4 is 4.90 Å². The van der Waals surface area contributed by atoms with Crippen LogP contribution in [0.3, 0.4) is 0 Å². The smallest absolute Gasteiger partial charge is 0.323 e. The van der Waals surface area contributed by atoms with Gasteiger partial charge in [-0.25, -0.2) is 8.42 Å². The van der Waals surface area contributed by atoms with E-state index in [2.05, 4.69) is 6.07 Å². The predicted octanol–water partition coefficient (Wildman–Crippen LogP) is 2.77. The minimum absolute atomic E-state index is 0.114. The van der Waals surface area contributed by atoms with Crippen molar-refractivity contribution < 1.29 is 23.1 Å². The first kappa shape index (κ1) is 20.8. The molecule has 7 nitrogen and oxygen atoms in total. The molecule has 1 N–H and O–H groups in total. The summed E-state index contributed by atoms with van der Waals surface area (Å²) in [6, 6.07) is 12.7. The number of nitrogens with zero attached hydrogens (tertiary/aromatic N) is 2. The summed E-state index contributed by atoms with van der Waals surface area (Å²) in [7, 11) is -2.02. The van der Waals surface area contributed by atoms with E-state index in [9.17, 15) is 18.3 Å². The number of aryl methyl sites for hydroxylation is 1. The van der Waals surface area contributed by atoms with Crippen LogP contribution in [-0.2, 0) is 19.6 Å². The molecule has 2 aliphatic heterocycles. The number of sulfonamides is 1. The van der Waals surface area contributed by atoms with E-state index in [1.165, 1.54) is 0 Å². The van der Waals surface area contributed by atoms with Crippen LogP contribution in [0.25, 0.3) is 0 Å². The molecule has 0 aliphatic carbocycles. The van der Waals surface area contributed by atoms with Crippen molar-refractivity contribution in [1.29, 1.82) is 0 Å². The van der Waals surface area contributed by atoms with Crippen LogP contribution in [0.5, 0.6) is 0 Å². The molecule has 0 bridgehead atoms. The Morgan fingerprint density at radius 3 is 2.70 bits per heavy atom. The molecule has 2 unspecified atom stereocenters. The van der Waals surface area contributed by atoms with Crippen molar-refractivity contribution in [2.45, 2.75) is 30.2 Å². The fourth-order valence-electron chi connectivity index (χ4n) is 4.71. The number of fused-ring (bicyclic) bond motifs is 2. The first-order valence-corrected chi connectivity index (χ1v) is 11.5. The standard InChI is InChI=1S/C22H26N2O5S/c1-15-8-9-19-17(12-15)18(13-23(19)14-21(25)26)22-16-6-3-4-7-20(16)30(27,28)24(22)10-5-11-29-2/h3-4,6-9,12,18,22H,5,10-11,13-14H2,1-2H3,(H,25,26). The van der Waals surface area contributed by atoms with Gasteiger partial charge in [0.25, 0.3) is 0 Å². The monoisotopic (exact) mass is 430 g/mol. The van der Waals surface area contributed by atoms with Crippen LogP contribution in [0, 0.1) is 6.92 Å². The molecule has 0 saturated heterocycles. The molecule has 0 spiro atoms. The van der Waals surface area contributed by atoms with E-state index < -0.39 is 16.0 Å². The average Bonchev–Trinajstić information content (AvgIpc) is 3.14. The van der Waals surface area contributed by atoms with Gasteiger partial charge in [0.05, 0.1) is 10.9 Å². The van der Waals surface area contributed by atoms with E-state index in [1.54, 1.807) is 23.5 Å². The maximum atomic E-state index is 13.4. The first-order chi connectivity index (χ1) is 14.3. The maximum Gasteiger partial charge on any atom is 0.323 e. The number of hydrogen-bond donors (Lipinski definition) is 1. The molecule has 30 heavy (non-hydrogen) atoms. The third-order valence-corrected chi connectivity index (χ3v) is 7.86. The van der Waals surface area contributed by atoms with Crippen molar-refractivity contribution >= 4 is 21.7 Å². The minimum Gasteiger partial charge on any atom is -0.480 e. The van der Waals surface area contributed by atoms with Crippen molar-refractivity contribution in [3.63, 3.8) is 0 Å². The second-order valence-electron chi connectivity index (χ2n) is 7.89. The summed E-state index contributed by atoms with van der Waals surface area (Å²) >= 11 is 0. The van der Waals surface area contributed by atoms with Gasteiger partial charge in [0.1, 0.15) is 6.54 Å². The second kappa shape index (κ2) is 8.02. The molecule has 160 valence electrons. The summed E-state index contributed by atoms with van der Waals surface area (Å²) < 4.78 is 33.4. The highest BCUT2D eigenvalue weighted by molar-refractivity contribution is 7.89. The number of carboxylic acid groups (broad SMARTS) is 1. The summed E-state index contributed by atoms with van der Waals surface area (Å²) in [5.74, 6) is -1.06. The summed E-state index contributed by atoms with van der Waals surface area (Å²) in [4.78, 5) is 13.6. The van der Waals surface area contributed by atoms with Gasteiger partial charge in [-0.1, -0.05) is 35.9 Å². The molecule has 0 aromatic heterocycles. The highest BCUT2D eigenvalue weighted by Crippen LogP contribution is 2.51. The molecular weight excluding hydrogens is 404 g/mol. The van der Waals surface area contributed by atoms with Gasteiger partial charge in [-0.2, -0.15) is 4.31 Å². The summed E-state index contributed by atoms with van der Waals surface area (Å²) in [6.45, 7) is 3.16. The van der Waals surface area contributed by atoms with Crippen LogP contribution in [0.4, 0.5) is 5.69 Å². The van der Waals surface area contributed by atoms with Crippen LogP contribution in [0.2, 0.25) is 0 Å². The first-order valence-electron chi connectivity index (χ1n) is 10.0. The van der Waals surface area contributed by atoms with E-state index in [0.717, 1.165) is 22.4 Å². The number of anilines is 1. The Kier molecular flexibility index (Phi) is 5.57. The van der Waals surface area contributed by atoms with E-state index in [1.807, 2.05) is 36.1 Å². The number of aliphatic carboxylic acids is 1. The zero-order chi connectivity index (χ0) is 21.5. The molecule has 2 aromatic rings. The fraction of sp³-hybridized carbons (Fsp3) is 0.409. The van der Waals surface area contributed by atoms with Gasteiger partial charge in [-0.3, -0.25) is 4.79 Å². The number of carboxylic acids is 1. The van der Waals surface area contributed by atoms with Gasteiger partial charge in [0, 0.05) is 38.4 Å². The number of benzene rings is 2. The fourth-order valence-corrected chi connectivity index (χ4v) is 6.63. The molecule has 0 fully saturated rings. The van der Waals surface area contributed by atoms with Crippen LogP contribution in [0.15, 0.2) is 47.4 Å². The molecule has 2 aliphatic rings. The lowest BCUT2D eigenvalue weighted by Crippen LogP contribution is -2.36. The average molecular weight is 431 g/mol. The number of ether oxygens (including phenoxy) is 1. The minimum atomic E-state index is -3.62. The van der Waals surface area contributed by atoms with Gasteiger partial charge in [-0.15, -0.1) is 0 Å². The van der Waals surface area contributed by atoms with Crippen molar-refractivity contribution in [2.24, 2.45) is 0 Å². The molecule has 4 rings (SSSR count). The highest BCUT2D eigenvalue weighted by Gasteiger charge is 2.48. The topological polar surface area (TPSA) is 87.2 Å². The van der Waals surface area contributed by atoms with Crippen molar-refractivity contribution in [2.75, 3.05) is 38.3 Å². The third-order valence-electron chi connectivity index (χ3n) is 5.91. The third kappa shape index (κ3) is 3.49. The summed E-state index contributed by atoms with van der Waals surface area (Å²) in [5.41, 5.74) is 3.72. The number of methoxy groups -OCH3 is 1. The molecule has 8 heteroatoms. The quantitative estimate of drug-likeness (QED) is 0.680. The van der Waals surface area contributed by atoms with E-state index >= 15 is 0 Å². The zero-order valence-electron chi connectivity index (χ0n) is 17.1. The summed E-state index contributed by atoms with van der Waals surface area (Å²) in [6.07, 6.45) is 0.590. The lowest BCUT2D eigenvalue weighted by atomic mass is 9.87. The Hall–Kier alpha value is -2.42. The van der Waals surface area contributed by atoms with Gasteiger partial charge in [0.2, 0.25) is 10.0 Å². The largest absolute Gasteiger partial charge is 0.480 e. The van der Waals surface area contributed by atoms with E-state index in [4.69, 9.17) is 4.74 Å². The van der Waals surface area contributed by atoms with Crippen molar-refractivity contribution in [3.8, 4) is 0 Å². The lowest BCUT2D eigenvalue weighted by molar-refractivity contribution is -0.135. The van der Waals surface area contributed by atoms with Crippen molar-refractivity contribution in [1.82, 2.24) is 4.31 Å². The second-order valence-corrected chi connectivity index (χ2v) is 9.75. The normalized spacial score (nSPS) is 22.1. The van der Waals surface area contributed by atoms with Crippen LogP contribution >= 0.6 is 0 Å². The Balaban J connectivity index is 1.81. The zero-order valence-corrected chi connectivity index (χ0v) is 17.9. The molecule has 0 amide bonds. The van der Waals surface area contributed by atoms with Gasteiger partial charge in [0.15, 0.2) is 0 Å². The molecular formula is C22H26N2O5S. The van der Waals surface area contributed by atoms with Crippen molar-refractivity contribution in [3.05, 3.63) is 59.2 Å². The van der Waals surface area contributed by atoms with Gasteiger partial charge in [-0.05, 0) is 36.6 Å². The van der Waals surface area contributed by atoms with E-state index in [-0.39, 0.29) is 18.5 Å². The Labute approximate surface area is 176 Å². The highest BCUT2D eigenvalue weighted by atomic mass is 32.2. The number of rotatable bonds is 7. The Morgan fingerprint density at radius 1 is 1.20 bits per heavy atom. The molecule has 0 saturated carbocycles. The molecule has 0 radical (unpaired) electrons. The summed E-state index contributed by atoms with van der Waals surface area (Å²) in [5, 5.41) is 9.38. The predicted molar refractivity (Wildman–Crippen MR) is 113 cm³/mol. The maximum absolute atomic E-state index is 13.4. The number of carbonyl (C=O) groups is 1. The van der Waals surface area contributed by atoms with Crippen LogP contribution in [-0.4, -0.2) is 57.1 Å². The molecule has 2 atom stereocenters. The number of hydrogen-bond acceptors (Lipinski definition) is 5. The SMILES string of the molecule is COCCCN1C(C2CN(CC(=O)O)c3ccc(C)cc32)c2ccccc2S1(=O)=O. The Morgan fingerprint density at radius 2 is 1.97 bits per heavy atom. The Bertz CT molecular complexity index is 1070. The lowest BCUT2D eigenvalue weighted by Gasteiger charge is -2.29. The molecule has 2 heterocycles. The molecule has 2 aromatic carbocycles. The van der Waals surface area contributed by atoms with Gasteiger partial charge >= 0.3 is 5.97 Å². The van der Waals surface area contributed by atoms with Crippen LogP contribution in [0.1, 0.15) is 35.1 Å². The van der Waals surface area contributed by atoms with Gasteiger partial charge < -0.3 is 14.7 Å². The van der Waals surface area contributed by atoms with E-state index in [0.29, 0.717) is 31.0 Å².